The van der Waals surface area contributed by atoms with Gasteiger partial charge in [-0.05, 0) is 23.3 Å². The minimum Gasteiger partial charge on any atom is -0.493 e. The lowest BCUT2D eigenvalue weighted by atomic mass is 9.91. The fourth-order valence-electron chi connectivity index (χ4n) is 3.81. The SMILES string of the molecule is COc1ccccc1OCCNC[C@@H]1CO[C@H](C(c2ccccc2)c2ccccc2)O1. The zero-order chi connectivity index (χ0) is 21.3. The molecule has 1 N–H and O–H groups in total. The molecule has 31 heavy (non-hydrogen) atoms. The Bertz CT molecular complexity index is 879. The van der Waals surface area contributed by atoms with E-state index in [1.807, 2.05) is 36.4 Å². The molecule has 0 aromatic heterocycles. The third kappa shape index (κ3) is 5.64. The topological polar surface area (TPSA) is 49.0 Å². The van der Waals surface area contributed by atoms with Gasteiger partial charge in [-0.15, -0.1) is 0 Å². The molecule has 1 heterocycles. The minimum atomic E-state index is -0.304. The van der Waals surface area contributed by atoms with E-state index in [0.717, 1.165) is 11.5 Å². The van der Waals surface area contributed by atoms with Crippen LogP contribution < -0.4 is 14.8 Å². The average molecular weight is 420 g/mol. The molecular weight excluding hydrogens is 390 g/mol. The number of ether oxygens (including phenoxy) is 4. The molecule has 0 amide bonds. The Morgan fingerprint density at radius 2 is 1.48 bits per heavy atom. The number of benzene rings is 3. The van der Waals surface area contributed by atoms with Crippen molar-refractivity contribution in [2.45, 2.75) is 18.3 Å². The van der Waals surface area contributed by atoms with Crippen LogP contribution in [0.2, 0.25) is 0 Å². The number of nitrogens with one attached hydrogen (secondary N) is 1. The van der Waals surface area contributed by atoms with Crippen LogP contribution >= 0.6 is 0 Å². The van der Waals surface area contributed by atoms with E-state index in [1.54, 1.807) is 7.11 Å². The highest BCUT2D eigenvalue weighted by Gasteiger charge is 2.34. The molecule has 5 nitrogen and oxygen atoms in total. The summed E-state index contributed by atoms with van der Waals surface area (Å²) < 4.78 is 23.5. The van der Waals surface area contributed by atoms with Gasteiger partial charge in [0.2, 0.25) is 0 Å². The van der Waals surface area contributed by atoms with Crippen molar-refractivity contribution in [2.24, 2.45) is 0 Å². The number of methoxy groups -OCH3 is 1. The summed E-state index contributed by atoms with van der Waals surface area (Å²) in [5.74, 6) is 1.54. The quantitative estimate of drug-likeness (QED) is 0.498. The van der Waals surface area contributed by atoms with Crippen LogP contribution in [0, 0.1) is 0 Å². The van der Waals surface area contributed by atoms with Gasteiger partial charge >= 0.3 is 0 Å². The van der Waals surface area contributed by atoms with Crippen molar-refractivity contribution in [3.05, 3.63) is 96.1 Å². The van der Waals surface area contributed by atoms with Gasteiger partial charge in [-0.1, -0.05) is 72.8 Å². The molecule has 5 heteroatoms. The van der Waals surface area contributed by atoms with Crippen LogP contribution in [-0.4, -0.2) is 45.8 Å². The summed E-state index contributed by atoms with van der Waals surface area (Å²) in [5, 5.41) is 3.40. The zero-order valence-corrected chi connectivity index (χ0v) is 17.8. The second kappa shape index (κ2) is 11.0. The third-order valence-electron chi connectivity index (χ3n) is 5.34. The first-order chi connectivity index (χ1) is 15.3. The van der Waals surface area contributed by atoms with Crippen LogP contribution in [0.1, 0.15) is 17.0 Å². The number of hydrogen-bond acceptors (Lipinski definition) is 5. The van der Waals surface area contributed by atoms with Gasteiger partial charge in [0.25, 0.3) is 0 Å². The zero-order valence-electron chi connectivity index (χ0n) is 17.8. The molecule has 0 aliphatic carbocycles. The molecule has 0 unspecified atom stereocenters. The minimum absolute atomic E-state index is 0.00573. The fourth-order valence-corrected chi connectivity index (χ4v) is 3.81. The Kier molecular flexibility index (Phi) is 7.56. The molecule has 162 valence electrons. The lowest BCUT2D eigenvalue weighted by Gasteiger charge is -2.24. The smallest absolute Gasteiger partial charge is 0.169 e. The molecule has 1 fully saturated rings. The highest BCUT2D eigenvalue weighted by atomic mass is 16.7. The molecule has 0 bridgehead atoms. The second-order valence-electron chi connectivity index (χ2n) is 7.46. The van der Waals surface area contributed by atoms with Crippen LogP contribution in [0.15, 0.2) is 84.9 Å². The van der Waals surface area contributed by atoms with Crippen LogP contribution in [0.25, 0.3) is 0 Å². The van der Waals surface area contributed by atoms with E-state index >= 15 is 0 Å². The summed E-state index contributed by atoms with van der Waals surface area (Å²) in [7, 11) is 1.65. The summed E-state index contributed by atoms with van der Waals surface area (Å²) in [6.07, 6.45) is -0.299. The Morgan fingerprint density at radius 1 is 0.871 bits per heavy atom. The molecule has 1 aliphatic heterocycles. The van der Waals surface area contributed by atoms with Gasteiger partial charge in [0.1, 0.15) is 6.61 Å². The van der Waals surface area contributed by atoms with Crippen LogP contribution in [0.5, 0.6) is 11.5 Å². The van der Waals surface area contributed by atoms with E-state index in [9.17, 15) is 0 Å². The highest BCUT2D eigenvalue weighted by molar-refractivity contribution is 5.39. The maximum absolute atomic E-state index is 6.29. The monoisotopic (exact) mass is 419 g/mol. The van der Waals surface area contributed by atoms with Gasteiger partial charge < -0.3 is 24.3 Å². The average Bonchev–Trinajstić information content (AvgIpc) is 3.29. The number of para-hydroxylation sites is 2. The predicted molar refractivity (Wildman–Crippen MR) is 121 cm³/mol. The first-order valence-corrected chi connectivity index (χ1v) is 10.7. The van der Waals surface area contributed by atoms with E-state index < -0.39 is 0 Å². The lowest BCUT2D eigenvalue weighted by Crippen LogP contribution is -2.32. The molecule has 0 spiro atoms. The standard InChI is InChI=1S/C26H29NO4/c1-28-23-14-8-9-15-24(23)29-17-16-27-18-22-19-30-26(31-22)25(20-10-4-2-5-11-20)21-12-6-3-7-13-21/h2-15,22,25-27H,16-19H2,1H3/t22-,26+/m1/s1. The molecular formula is C26H29NO4. The highest BCUT2D eigenvalue weighted by Crippen LogP contribution is 2.33. The first kappa shape index (κ1) is 21.4. The molecule has 1 aliphatic rings. The summed E-state index contributed by atoms with van der Waals surface area (Å²) in [6.45, 7) is 2.54. The predicted octanol–water partition coefficient (Wildman–Crippen LogP) is 4.24. The summed E-state index contributed by atoms with van der Waals surface area (Å²) in [6, 6.07) is 28.5. The lowest BCUT2D eigenvalue weighted by molar-refractivity contribution is -0.0669. The molecule has 3 aromatic rings. The van der Waals surface area contributed by atoms with E-state index in [2.05, 4.69) is 53.8 Å². The Morgan fingerprint density at radius 3 is 2.13 bits per heavy atom. The fraction of sp³-hybridized carbons (Fsp3) is 0.308. The summed E-state index contributed by atoms with van der Waals surface area (Å²) in [4.78, 5) is 0. The summed E-state index contributed by atoms with van der Waals surface area (Å²) >= 11 is 0. The van der Waals surface area contributed by atoms with Gasteiger partial charge in [0, 0.05) is 13.1 Å². The number of hydrogen-bond donors (Lipinski definition) is 1. The molecule has 3 aromatic carbocycles. The molecule has 0 radical (unpaired) electrons. The largest absolute Gasteiger partial charge is 0.493 e. The Hall–Kier alpha value is -2.86. The molecule has 2 atom stereocenters. The van der Waals surface area contributed by atoms with E-state index in [1.165, 1.54) is 11.1 Å². The van der Waals surface area contributed by atoms with E-state index in [0.29, 0.717) is 26.3 Å². The van der Waals surface area contributed by atoms with Crippen LogP contribution in [0.4, 0.5) is 0 Å². The Balaban J connectivity index is 1.28. The molecule has 4 rings (SSSR count). The second-order valence-corrected chi connectivity index (χ2v) is 7.46. The third-order valence-corrected chi connectivity index (χ3v) is 5.34. The van der Waals surface area contributed by atoms with Crippen molar-refractivity contribution in [3.63, 3.8) is 0 Å². The maximum Gasteiger partial charge on any atom is 0.169 e. The van der Waals surface area contributed by atoms with Crippen LogP contribution in [0.3, 0.4) is 0 Å². The molecule has 1 saturated heterocycles. The molecule has 0 saturated carbocycles. The van der Waals surface area contributed by atoms with Gasteiger partial charge in [-0.2, -0.15) is 0 Å². The maximum atomic E-state index is 6.29. The van der Waals surface area contributed by atoms with Crippen molar-refractivity contribution < 1.29 is 18.9 Å². The van der Waals surface area contributed by atoms with Crippen molar-refractivity contribution in [1.29, 1.82) is 0 Å². The Labute approximate surface area is 183 Å². The van der Waals surface area contributed by atoms with Gasteiger partial charge in [0.15, 0.2) is 17.8 Å². The van der Waals surface area contributed by atoms with E-state index in [4.69, 9.17) is 18.9 Å². The van der Waals surface area contributed by atoms with Gasteiger partial charge in [-0.3, -0.25) is 0 Å². The van der Waals surface area contributed by atoms with Crippen LogP contribution in [-0.2, 0) is 9.47 Å². The normalized spacial score (nSPS) is 18.3. The van der Waals surface area contributed by atoms with Gasteiger partial charge in [0.05, 0.1) is 25.7 Å². The van der Waals surface area contributed by atoms with Crippen molar-refractivity contribution >= 4 is 0 Å². The van der Waals surface area contributed by atoms with Crippen molar-refractivity contribution in [1.82, 2.24) is 5.32 Å². The summed E-state index contributed by atoms with van der Waals surface area (Å²) in [5.41, 5.74) is 2.38. The number of rotatable bonds is 10. The van der Waals surface area contributed by atoms with Crippen molar-refractivity contribution in [3.8, 4) is 11.5 Å². The van der Waals surface area contributed by atoms with Gasteiger partial charge in [-0.25, -0.2) is 0 Å². The van der Waals surface area contributed by atoms with Crippen molar-refractivity contribution in [2.75, 3.05) is 33.4 Å². The first-order valence-electron chi connectivity index (χ1n) is 10.7. The van der Waals surface area contributed by atoms with E-state index in [-0.39, 0.29) is 18.3 Å².